The zero-order valence-corrected chi connectivity index (χ0v) is 19.1. The Morgan fingerprint density at radius 3 is 2.39 bits per heavy atom. The molecule has 3 N–H and O–H groups in total. The van der Waals surface area contributed by atoms with Gasteiger partial charge in [-0.15, -0.1) is 4.33 Å². The number of para-hydroxylation sites is 2. The fourth-order valence-electron chi connectivity index (χ4n) is 2.44. The van der Waals surface area contributed by atoms with E-state index in [9.17, 15) is 22.2 Å². The van der Waals surface area contributed by atoms with Crippen LogP contribution in [0, 0.1) is 0 Å². The van der Waals surface area contributed by atoms with Crippen molar-refractivity contribution in [3.8, 4) is 5.75 Å². The molecular weight excluding hydrogens is 478 g/mol. The highest BCUT2D eigenvalue weighted by Crippen LogP contribution is 2.23. The number of carbonyl (C=O) groups excluding carboxylic acids is 2. The molecule has 0 aromatic heterocycles. The van der Waals surface area contributed by atoms with Crippen LogP contribution in [0.5, 0.6) is 5.75 Å². The molecule has 0 aliphatic heterocycles. The molecule has 0 saturated carbocycles. The molecule has 14 heteroatoms. The van der Waals surface area contributed by atoms with Gasteiger partial charge in [0.05, 0.1) is 34.9 Å². The molecule has 1 amide bonds. The van der Waals surface area contributed by atoms with Gasteiger partial charge in [0.15, 0.2) is 32.4 Å². The van der Waals surface area contributed by atoms with Gasteiger partial charge in [0.1, 0.15) is 5.75 Å². The van der Waals surface area contributed by atoms with Crippen LogP contribution < -0.4 is 15.5 Å². The fourth-order valence-corrected chi connectivity index (χ4v) is 4.78. The van der Waals surface area contributed by atoms with Crippen LogP contribution in [-0.4, -0.2) is 53.9 Å². The van der Waals surface area contributed by atoms with Crippen LogP contribution in [0.15, 0.2) is 58.5 Å². The van der Waals surface area contributed by atoms with Crippen LogP contribution in [0.4, 0.5) is 11.4 Å². The molecule has 0 aliphatic rings. The standard InChI is InChI=1S/C19H21N3O9S2/c1-13(23)18(19(24)20-16-5-3-4-6-17(16)29-2)22-21-14-7-9-15(10-8-14)33(27,28)12-11-32(26)31-30-25/h3-10,21,25H,11-12H2,1-2H3,(H,20,24)/b22-18+. The number of hydrazone groups is 1. The van der Waals surface area contributed by atoms with Crippen molar-refractivity contribution >= 4 is 49.7 Å². The summed E-state index contributed by atoms with van der Waals surface area (Å²) < 4.78 is 44.8. The molecule has 2 aromatic rings. The molecule has 0 spiro atoms. The third kappa shape index (κ3) is 7.73. The van der Waals surface area contributed by atoms with Crippen molar-refractivity contribution < 1.29 is 41.6 Å². The predicted molar refractivity (Wildman–Crippen MR) is 120 cm³/mol. The molecule has 0 bridgehead atoms. The Morgan fingerprint density at radius 2 is 1.79 bits per heavy atom. The first-order chi connectivity index (χ1) is 15.7. The minimum absolute atomic E-state index is 0.0698. The maximum absolute atomic E-state index is 12.5. The first-order valence-corrected chi connectivity index (χ1v) is 12.1. The predicted octanol–water partition coefficient (Wildman–Crippen LogP) is 1.55. The van der Waals surface area contributed by atoms with Crippen LogP contribution in [-0.2, 0) is 39.9 Å². The summed E-state index contributed by atoms with van der Waals surface area (Å²) >= 11 is -2.14. The van der Waals surface area contributed by atoms with Crippen molar-refractivity contribution in [1.82, 2.24) is 0 Å². The Morgan fingerprint density at radius 1 is 1.12 bits per heavy atom. The third-order valence-electron chi connectivity index (χ3n) is 4.04. The second-order valence-electron chi connectivity index (χ2n) is 6.28. The average Bonchev–Trinajstić information content (AvgIpc) is 2.78. The number of ketones is 1. The van der Waals surface area contributed by atoms with E-state index < -0.39 is 49.8 Å². The first kappa shape index (κ1) is 26.1. The summed E-state index contributed by atoms with van der Waals surface area (Å²) in [5.74, 6) is -1.91. The topological polar surface area (TPSA) is 170 Å². The number of benzene rings is 2. The average molecular weight is 500 g/mol. The van der Waals surface area contributed by atoms with E-state index in [1.54, 1.807) is 24.3 Å². The van der Waals surface area contributed by atoms with E-state index in [1.807, 2.05) is 0 Å². The van der Waals surface area contributed by atoms with E-state index in [0.29, 0.717) is 17.1 Å². The van der Waals surface area contributed by atoms with E-state index in [-0.39, 0.29) is 4.90 Å². The van der Waals surface area contributed by atoms with Gasteiger partial charge in [-0.25, -0.2) is 17.9 Å². The van der Waals surface area contributed by atoms with Gasteiger partial charge in [-0.2, -0.15) is 5.10 Å². The second kappa shape index (κ2) is 12.2. The maximum Gasteiger partial charge on any atom is 0.279 e. The van der Waals surface area contributed by atoms with Crippen LogP contribution in [0.1, 0.15) is 6.92 Å². The van der Waals surface area contributed by atoms with Crippen LogP contribution in [0.2, 0.25) is 0 Å². The monoisotopic (exact) mass is 499 g/mol. The molecule has 12 nitrogen and oxygen atoms in total. The summed E-state index contributed by atoms with van der Waals surface area (Å²) in [6.45, 7) is 1.17. The molecule has 0 aliphatic carbocycles. The number of nitrogens with zero attached hydrogens (tertiary/aromatic N) is 1. The Kier molecular flexibility index (Phi) is 9.62. The number of carbonyl (C=O) groups is 2. The van der Waals surface area contributed by atoms with E-state index in [0.717, 1.165) is 0 Å². The summed E-state index contributed by atoms with van der Waals surface area (Å²) in [4.78, 5) is 24.3. The molecule has 2 rings (SSSR count). The van der Waals surface area contributed by atoms with Gasteiger partial charge in [-0.05, 0) is 36.4 Å². The summed E-state index contributed by atoms with van der Waals surface area (Å²) in [6.07, 6.45) is 0. The van der Waals surface area contributed by atoms with Gasteiger partial charge >= 0.3 is 0 Å². The molecule has 1 atom stereocenters. The van der Waals surface area contributed by atoms with Crippen molar-refractivity contribution in [2.45, 2.75) is 11.8 Å². The van der Waals surface area contributed by atoms with Crippen LogP contribution >= 0.6 is 0 Å². The smallest absolute Gasteiger partial charge is 0.279 e. The van der Waals surface area contributed by atoms with Gasteiger partial charge < -0.3 is 10.1 Å². The first-order valence-electron chi connectivity index (χ1n) is 9.16. The molecule has 0 heterocycles. The van der Waals surface area contributed by atoms with Gasteiger partial charge in [0.25, 0.3) is 5.91 Å². The van der Waals surface area contributed by atoms with E-state index in [1.165, 1.54) is 38.3 Å². The van der Waals surface area contributed by atoms with E-state index >= 15 is 0 Å². The molecular formula is C19H21N3O9S2. The number of rotatable bonds is 12. The summed E-state index contributed by atoms with van der Waals surface area (Å²) in [6, 6.07) is 11.9. The number of amides is 1. The number of sulfone groups is 1. The summed E-state index contributed by atoms with van der Waals surface area (Å²) in [5.41, 5.74) is 2.78. The number of methoxy groups -OCH3 is 1. The van der Waals surface area contributed by atoms with E-state index in [4.69, 9.17) is 9.99 Å². The number of nitrogens with one attached hydrogen (secondary N) is 2. The molecule has 33 heavy (non-hydrogen) atoms. The zero-order valence-electron chi connectivity index (χ0n) is 17.5. The molecule has 178 valence electrons. The third-order valence-corrected chi connectivity index (χ3v) is 6.78. The normalized spacial score (nSPS) is 12.6. The molecule has 2 aromatic carbocycles. The number of hydrogen-bond acceptors (Lipinski definition) is 11. The van der Waals surface area contributed by atoms with Crippen molar-refractivity contribution in [2.24, 2.45) is 5.10 Å². The number of hydrogen-bond donors (Lipinski definition) is 3. The lowest BCUT2D eigenvalue weighted by Crippen LogP contribution is -2.29. The van der Waals surface area contributed by atoms with E-state index in [2.05, 4.69) is 25.2 Å². The van der Waals surface area contributed by atoms with Crippen molar-refractivity contribution in [3.05, 3.63) is 48.5 Å². The van der Waals surface area contributed by atoms with Gasteiger partial charge in [0.2, 0.25) is 0 Å². The van der Waals surface area contributed by atoms with Crippen molar-refractivity contribution in [2.75, 3.05) is 29.4 Å². The Hall–Kier alpha value is -3.17. The Labute approximate surface area is 192 Å². The van der Waals surface area contributed by atoms with Gasteiger partial charge in [-0.3, -0.25) is 15.0 Å². The van der Waals surface area contributed by atoms with Crippen molar-refractivity contribution in [1.29, 1.82) is 0 Å². The van der Waals surface area contributed by atoms with Crippen LogP contribution in [0.25, 0.3) is 0 Å². The molecule has 1 unspecified atom stereocenters. The lowest BCUT2D eigenvalue weighted by molar-refractivity contribution is -0.434. The summed E-state index contributed by atoms with van der Waals surface area (Å²) in [5, 5.41) is 17.7. The number of anilines is 2. The lowest BCUT2D eigenvalue weighted by Gasteiger charge is -2.10. The molecule has 0 radical (unpaired) electrons. The minimum Gasteiger partial charge on any atom is -0.495 e. The molecule has 0 fully saturated rings. The van der Waals surface area contributed by atoms with Crippen molar-refractivity contribution in [3.63, 3.8) is 0 Å². The SMILES string of the molecule is COc1ccccc1NC(=O)/C(=N/Nc1ccc(S(=O)(=O)CCS(=O)OOO)cc1)C(C)=O. The Balaban J connectivity index is 2.10. The fraction of sp³-hybridized carbons (Fsp3) is 0.211. The highest BCUT2D eigenvalue weighted by Gasteiger charge is 2.19. The zero-order chi connectivity index (χ0) is 24.4. The number of Topliss-reactive ketones (excluding diaryl/α,β-unsaturated/α-hetero) is 1. The number of ether oxygens (including phenoxy) is 1. The lowest BCUT2D eigenvalue weighted by atomic mass is 10.2. The second-order valence-corrected chi connectivity index (χ2v) is 9.54. The highest BCUT2D eigenvalue weighted by molar-refractivity contribution is 7.92. The van der Waals surface area contributed by atoms with Crippen LogP contribution in [0.3, 0.4) is 0 Å². The minimum atomic E-state index is -3.79. The largest absolute Gasteiger partial charge is 0.495 e. The quantitative estimate of drug-likeness (QED) is 0.168. The summed E-state index contributed by atoms with van der Waals surface area (Å²) in [7, 11) is -2.36. The van der Waals surface area contributed by atoms with Gasteiger partial charge in [-0.1, -0.05) is 17.2 Å². The van der Waals surface area contributed by atoms with Gasteiger partial charge in [0, 0.05) is 6.92 Å². The molecule has 0 saturated heterocycles. The Bertz CT molecular complexity index is 1150. The highest BCUT2D eigenvalue weighted by atomic mass is 32.2. The maximum atomic E-state index is 12.5.